The molecule has 7 nitrogen and oxygen atoms in total. The number of ether oxygens (including phenoxy) is 1. The molecule has 2 heterocycles. The molecule has 0 spiro atoms. The first-order valence-corrected chi connectivity index (χ1v) is 8.89. The molecule has 1 aromatic carbocycles. The molecule has 0 aliphatic carbocycles. The molecule has 0 aliphatic heterocycles. The second-order valence-electron chi connectivity index (χ2n) is 6.07. The van der Waals surface area contributed by atoms with Crippen LogP contribution in [0.4, 0.5) is 13.2 Å². The van der Waals surface area contributed by atoms with Crippen molar-refractivity contribution in [2.75, 3.05) is 0 Å². The molecule has 3 rings (SSSR count). The number of hydrogen-bond acceptors (Lipinski definition) is 6. The van der Waals surface area contributed by atoms with E-state index in [0.717, 1.165) is 0 Å². The molecule has 0 bridgehead atoms. The highest BCUT2D eigenvalue weighted by Gasteiger charge is 2.42. The Balaban J connectivity index is 1.91. The third kappa shape index (κ3) is 4.78. The fourth-order valence-electron chi connectivity index (χ4n) is 2.57. The van der Waals surface area contributed by atoms with Gasteiger partial charge in [-0.05, 0) is 18.2 Å². The standard InChI is InChI=1S/C17H14Cl2F3N5O2/c18-8-1-2-9(10(19)5-8)12-7-13-25-3-4-27(13)14(26-12)6-11(23)15(24)29-16(28)17(20,21)22/h1-5,7,11,15H,6,23-24H2. The summed E-state index contributed by atoms with van der Waals surface area (Å²) in [5.74, 6) is -2.07. The number of aromatic nitrogens is 3. The van der Waals surface area contributed by atoms with E-state index >= 15 is 0 Å². The van der Waals surface area contributed by atoms with Crippen LogP contribution in [-0.4, -0.2) is 38.8 Å². The maximum Gasteiger partial charge on any atom is 0.490 e. The third-order valence-electron chi connectivity index (χ3n) is 3.98. The van der Waals surface area contributed by atoms with E-state index in [1.165, 1.54) is 6.20 Å². The number of fused-ring (bicyclic) bond motifs is 1. The van der Waals surface area contributed by atoms with E-state index in [1.54, 1.807) is 34.9 Å². The number of halogens is 5. The van der Waals surface area contributed by atoms with E-state index in [2.05, 4.69) is 14.7 Å². The van der Waals surface area contributed by atoms with Crippen LogP contribution in [-0.2, 0) is 16.0 Å². The van der Waals surface area contributed by atoms with Gasteiger partial charge in [-0.15, -0.1) is 0 Å². The first-order chi connectivity index (χ1) is 13.6. The molecule has 0 fully saturated rings. The van der Waals surface area contributed by atoms with E-state index < -0.39 is 24.4 Å². The summed E-state index contributed by atoms with van der Waals surface area (Å²) in [6.45, 7) is 0. The van der Waals surface area contributed by atoms with Crippen molar-refractivity contribution >= 4 is 34.8 Å². The molecular weight excluding hydrogens is 434 g/mol. The summed E-state index contributed by atoms with van der Waals surface area (Å²) in [7, 11) is 0. The lowest BCUT2D eigenvalue weighted by Gasteiger charge is -2.21. The third-order valence-corrected chi connectivity index (χ3v) is 4.53. The smallest absolute Gasteiger partial charge is 0.438 e. The summed E-state index contributed by atoms with van der Waals surface area (Å²) in [5.41, 5.74) is 12.9. The summed E-state index contributed by atoms with van der Waals surface area (Å²) in [5, 5.41) is 0.798. The fourth-order valence-corrected chi connectivity index (χ4v) is 3.08. The molecule has 4 N–H and O–H groups in total. The Kier molecular flexibility index (Phi) is 5.99. The van der Waals surface area contributed by atoms with Crippen molar-refractivity contribution in [1.29, 1.82) is 0 Å². The predicted molar refractivity (Wildman–Crippen MR) is 100 cm³/mol. The van der Waals surface area contributed by atoms with Crippen LogP contribution in [0, 0.1) is 0 Å². The van der Waals surface area contributed by atoms with Gasteiger partial charge in [-0.1, -0.05) is 23.2 Å². The monoisotopic (exact) mass is 447 g/mol. The number of alkyl halides is 3. The Labute approximate surface area is 172 Å². The summed E-state index contributed by atoms with van der Waals surface area (Å²) in [6, 6.07) is 5.38. The van der Waals surface area contributed by atoms with E-state index in [-0.39, 0.29) is 6.42 Å². The summed E-state index contributed by atoms with van der Waals surface area (Å²) in [4.78, 5) is 19.6. The number of carbonyl (C=O) groups is 1. The highest BCUT2D eigenvalue weighted by molar-refractivity contribution is 6.36. The maximum atomic E-state index is 12.4. The second kappa shape index (κ2) is 8.15. The number of nitrogens with zero attached hydrogens (tertiary/aromatic N) is 3. The number of esters is 1. The Bertz CT molecular complexity index is 1060. The zero-order valence-corrected chi connectivity index (χ0v) is 16.0. The van der Waals surface area contributed by atoms with Gasteiger partial charge in [0.15, 0.2) is 6.23 Å². The number of rotatable bonds is 5. The van der Waals surface area contributed by atoms with Crippen LogP contribution in [0.5, 0.6) is 0 Å². The maximum absolute atomic E-state index is 12.4. The zero-order chi connectivity index (χ0) is 21.3. The van der Waals surface area contributed by atoms with Crippen LogP contribution >= 0.6 is 23.2 Å². The van der Waals surface area contributed by atoms with Crippen molar-refractivity contribution in [2.24, 2.45) is 11.5 Å². The van der Waals surface area contributed by atoms with Gasteiger partial charge in [0.05, 0.1) is 16.8 Å². The highest BCUT2D eigenvalue weighted by atomic mass is 35.5. The molecule has 2 atom stereocenters. The van der Waals surface area contributed by atoms with Crippen molar-refractivity contribution in [1.82, 2.24) is 14.4 Å². The molecule has 0 radical (unpaired) electrons. The number of hydrogen-bond donors (Lipinski definition) is 2. The predicted octanol–water partition coefficient (Wildman–Crippen LogP) is 2.96. The number of nitrogens with two attached hydrogens (primary N) is 2. The first kappa shape index (κ1) is 21.3. The number of carbonyl (C=O) groups excluding carboxylic acids is 1. The average molecular weight is 448 g/mol. The minimum atomic E-state index is -5.17. The van der Waals surface area contributed by atoms with Gasteiger partial charge in [-0.2, -0.15) is 13.2 Å². The molecule has 154 valence electrons. The van der Waals surface area contributed by atoms with Gasteiger partial charge in [-0.25, -0.2) is 14.8 Å². The second-order valence-corrected chi connectivity index (χ2v) is 6.92. The lowest BCUT2D eigenvalue weighted by molar-refractivity contribution is -0.205. The van der Waals surface area contributed by atoms with E-state index in [0.29, 0.717) is 32.8 Å². The zero-order valence-electron chi connectivity index (χ0n) is 14.5. The quantitative estimate of drug-likeness (QED) is 0.459. The van der Waals surface area contributed by atoms with Crippen LogP contribution in [0.25, 0.3) is 16.9 Å². The normalized spacial score (nSPS) is 14.0. The van der Waals surface area contributed by atoms with Crippen molar-refractivity contribution in [3.05, 3.63) is 52.5 Å². The molecule has 0 amide bonds. The van der Waals surface area contributed by atoms with Crippen molar-refractivity contribution in [2.45, 2.75) is 24.9 Å². The van der Waals surface area contributed by atoms with Crippen LogP contribution in [0.3, 0.4) is 0 Å². The summed E-state index contributed by atoms with van der Waals surface area (Å²) >= 11 is 12.2. The van der Waals surface area contributed by atoms with Gasteiger partial charge in [-0.3, -0.25) is 10.1 Å². The summed E-state index contributed by atoms with van der Waals surface area (Å²) in [6.07, 6.45) is -3.84. The fraction of sp³-hybridized carbons (Fsp3) is 0.235. The highest BCUT2D eigenvalue weighted by Crippen LogP contribution is 2.30. The molecule has 2 unspecified atom stereocenters. The molecule has 12 heteroatoms. The molecule has 2 aromatic heterocycles. The van der Waals surface area contributed by atoms with Crippen molar-refractivity contribution in [3.8, 4) is 11.3 Å². The Morgan fingerprint density at radius 2 is 1.97 bits per heavy atom. The van der Waals surface area contributed by atoms with Crippen molar-refractivity contribution < 1.29 is 22.7 Å². The molecule has 29 heavy (non-hydrogen) atoms. The number of imidazole rings is 1. The van der Waals surface area contributed by atoms with Crippen LogP contribution < -0.4 is 11.5 Å². The average Bonchev–Trinajstić information content (AvgIpc) is 3.09. The van der Waals surface area contributed by atoms with Gasteiger partial charge in [0.1, 0.15) is 11.5 Å². The lowest BCUT2D eigenvalue weighted by Crippen LogP contribution is -2.48. The molecule has 0 aliphatic rings. The van der Waals surface area contributed by atoms with Crippen LogP contribution in [0.15, 0.2) is 36.7 Å². The van der Waals surface area contributed by atoms with Gasteiger partial charge < -0.3 is 10.5 Å². The molecule has 0 saturated carbocycles. The van der Waals surface area contributed by atoms with E-state index in [4.69, 9.17) is 34.7 Å². The van der Waals surface area contributed by atoms with Gasteiger partial charge >= 0.3 is 12.1 Å². The van der Waals surface area contributed by atoms with Crippen LogP contribution in [0.2, 0.25) is 10.0 Å². The first-order valence-electron chi connectivity index (χ1n) is 8.13. The topological polar surface area (TPSA) is 109 Å². The van der Waals surface area contributed by atoms with Crippen molar-refractivity contribution in [3.63, 3.8) is 0 Å². The Morgan fingerprint density at radius 1 is 1.24 bits per heavy atom. The Morgan fingerprint density at radius 3 is 2.62 bits per heavy atom. The lowest BCUT2D eigenvalue weighted by atomic mass is 10.1. The van der Waals surface area contributed by atoms with Gasteiger partial charge in [0.2, 0.25) is 0 Å². The van der Waals surface area contributed by atoms with Gasteiger partial charge in [0.25, 0.3) is 0 Å². The largest absolute Gasteiger partial charge is 0.490 e. The SMILES string of the molecule is NC(Cc1nc(-c2ccc(Cl)cc2Cl)cc2nccn12)C(N)OC(=O)C(F)(F)F. The Hall–Kier alpha value is -2.40. The van der Waals surface area contributed by atoms with E-state index in [1.807, 2.05) is 0 Å². The number of benzene rings is 1. The van der Waals surface area contributed by atoms with Crippen LogP contribution in [0.1, 0.15) is 5.82 Å². The minimum Gasteiger partial charge on any atom is -0.438 e. The van der Waals surface area contributed by atoms with E-state index in [9.17, 15) is 18.0 Å². The molecule has 0 saturated heterocycles. The summed E-state index contributed by atoms with van der Waals surface area (Å²) < 4.78 is 42.8. The minimum absolute atomic E-state index is 0.0990. The molecular formula is C17H14Cl2F3N5O2. The van der Waals surface area contributed by atoms with Gasteiger partial charge in [0, 0.05) is 35.5 Å². The molecule has 3 aromatic rings.